The van der Waals surface area contributed by atoms with Crippen LogP contribution in [0, 0.1) is 5.92 Å². The number of carbonyl (C=O) groups excluding carboxylic acids is 1. The molecule has 0 aromatic rings. The predicted octanol–water partition coefficient (Wildman–Crippen LogP) is 0.592. The molecule has 12 heavy (non-hydrogen) atoms. The minimum atomic E-state index is 0.162. The van der Waals surface area contributed by atoms with Gasteiger partial charge >= 0.3 is 0 Å². The molecule has 1 fully saturated rings. The Bertz CT molecular complexity index is 170. The van der Waals surface area contributed by atoms with Gasteiger partial charge < -0.3 is 10.6 Å². The monoisotopic (exact) mass is 170 g/mol. The number of rotatable bonds is 2. The van der Waals surface area contributed by atoms with Gasteiger partial charge in [0, 0.05) is 25.0 Å². The van der Waals surface area contributed by atoms with Gasteiger partial charge in [0.15, 0.2) is 0 Å². The molecule has 1 heterocycles. The molecule has 0 radical (unpaired) electrons. The van der Waals surface area contributed by atoms with Crippen molar-refractivity contribution in [3.63, 3.8) is 0 Å². The zero-order valence-electron chi connectivity index (χ0n) is 7.92. The van der Waals surface area contributed by atoms with Crippen LogP contribution in [0.3, 0.4) is 0 Å². The molecule has 0 saturated carbocycles. The van der Waals surface area contributed by atoms with Crippen molar-refractivity contribution >= 4 is 5.91 Å². The van der Waals surface area contributed by atoms with Gasteiger partial charge in [-0.05, 0) is 12.8 Å². The van der Waals surface area contributed by atoms with Crippen molar-refractivity contribution in [2.24, 2.45) is 11.7 Å². The second kappa shape index (κ2) is 3.90. The normalized spacial score (nSPS) is 25.9. The van der Waals surface area contributed by atoms with Crippen molar-refractivity contribution in [3.05, 3.63) is 0 Å². The van der Waals surface area contributed by atoms with Crippen molar-refractivity contribution in [2.75, 3.05) is 13.1 Å². The van der Waals surface area contributed by atoms with Crippen LogP contribution >= 0.6 is 0 Å². The first-order valence-corrected chi connectivity index (χ1v) is 4.69. The number of hydrogen-bond acceptors (Lipinski definition) is 2. The van der Waals surface area contributed by atoms with Crippen LogP contribution in [-0.2, 0) is 4.79 Å². The highest BCUT2D eigenvalue weighted by Crippen LogP contribution is 2.12. The van der Waals surface area contributed by atoms with E-state index in [0.29, 0.717) is 0 Å². The Labute approximate surface area is 73.9 Å². The van der Waals surface area contributed by atoms with E-state index in [2.05, 4.69) is 0 Å². The summed E-state index contributed by atoms with van der Waals surface area (Å²) in [4.78, 5) is 13.5. The van der Waals surface area contributed by atoms with E-state index in [1.54, 1.807) is 0 Å². The largest absolute Gasteiger partial charge is 0.341 e. The molecule has 0 bridgehead atoms. The first-order valence-electron chi connectivity index (χ1n) is 4.69. The quantitative estimate of drug-likeness (QED) is 0.659. The Kier molecular flexibility index (Phi) is 3.09. The van der Waals surface area contributed by atoms with Gasteiger partial charge in [-0.15, -0.1) is 0 Å². The molecule has 2 atom stereocenters. The van der Waals surface area contributed by atoms with Crippen LogP contribution in [0.4, 0.5) is 0 Å². The van der Waals surface area contributed by atoms with Crippen LogP contribution in [0.2, 0.25) is 0 Å². The maximum atomic E-state index is 11.6. The highest BCUT2D eigenvalue weighted by molar-refractivity contribution is 5.78. The van der Waals surface area contributed by atoms with Gasteiger partial charge in [-0.1, -0.05) is 13.8 Å². The maximum Gasteiger partial charge on any atom is 0.225 e. The van der Waals surface area contributed by atoms with Gasteiger partial charge in [0.1, 0.15) is 0 Å². The van der Waals surface area contributed by atoms with Crippen LogP contribution in [0.5, 0.6) is 0 Å². The number of nitrogens with zero attached hydrogens (tertiary/aromatic N) is 1. The molecule has 1 saturated heterocycles. The summed E-state index contributed by atoms with van der Waals surface area (Å²) in [5.74, 6) is 0.431. The molecule has 2 N–H and O–H groups in total. The van der Waals surface area contributed by atoms with Crippen LogP contribution in [-0.4, -0.2) is 29.9 Å². The topological polar surface area (TPSA) is 46.3 Å². The Hall–Kier alpha value is -0.570. The first kappa shape index (κ1) is 9.52. The molecule has 1 rings (SSSR count). The summed E-state index contributed by atoms with van der Waals surface area (Å²) in [5, 5.41) is 0. The van der Waals surface area contributed by atoms with Crippen molar-refractivity contribution in [2.45, 2.75) is 32.7 Å². The summed E-state index contributed by atoms with van der Waals surface area (Å²) >= 11 is 0. The lowest BCUT2D eigenvalue weighted by Gasteiger charge is -2.19. The van der Waals surface area contributed by atoms with Crippen molar-refractivity contribution in [1.29, 1.82) is 0 Å². The SMILES string of the molecule is CCC(C)C(=O)N1CC[C@H](N)C1. The Morgan fingerprint density at radius 1 is 1.75 bits per heavy atom. The number of amides is 1. The second-order valence-electron chi connectivity index (χ2n) is 3.64. The smallest absolute Gasteiger partial charge is 0.225 e. The van der Waals surface area contributed by atoms with Gasteiger partial charge in [-0.25, -0.2) is 0 Å². The van der Waals surface area contributed by atoms with Crippen LogP contribution in [0.1, 0.15) is 26.7 Å². The fraction of sp³-hybridized carbons (Fsp3) is 0.889. The minimum Gasteiger partial charge on any atom is -0.341 e. The van der Waals surface area contributed by atoms with Gasteiger partial charge in [-0.2, -0.15) is 0 Å². The Morgan fingerprint density at radius 3 is 2.83 bits per heavy atom. The number of hydrogen-bond donors (Lipinski definition) is 1. The summed E-state index contributed by atoms with van der Waals surface area (Å²) in [7, 11) is 0. The lowest BCUT2D eigenvalue weighted by atomic mass is 10.1. The lowest BCUT2D eigenvalue weighted by molar-refractivity contribution is -0.134. The fourth-order valence-corrected chi connectivity index (χ4v) is 1.47. The molecule has 3 heteroatoms. The fourth-order valence-electron chi connectivity index (χ4n) is 1.47. The molecule has 3 nitrogen and oxygen atoms in total. The standard InChI is InChI=1S/C9H18N2O/c1-3-7(2)9(12)11-5-4-8(10)6-11/h7-8H,3-6,10H2,1-2H3/t7?,8-/m0/s1. The highest BCUT2D eigenvalue weighted by Gasteiger charge is 2.25. The molecule has 1 amide bonds. The summed E-state index contributed by atoms with van der Waals surface area (Å²) in [6, 6.07) is 0.206. The molecule has 0 spiro atoms. The predicted molar refractivity (Wildman–Crippen MR) is 48.6 cm³/mol. The van der Waals surface area contributed by atoms with E-state index in [1.165, 1.54) is 0 Å². The van der Waals surface area contributed by atoms with Gasteiger partial charge in [0.25, 0.3) is 0 Å². The zero-order valence-corrected chi connectivity index (χ0v) is 7.92. The molecule has 0 aromatic heterocycles. The number of carbonyl (C=O) groups is 1. The first-order chi connectivity index (χ1) is 5.65. The van der Waals surface area contributed by atoms with Gasteiger partial charge in [0.2, 0.25) is 5.91 Å². The third-order valence-corrected chi connectivity index (χ3v) is 2.57. The average molecular weight is 170 g/mol. The van der Waals surface area contributed by atoms with E-state index in [1.807, 2.05) is 18.7 Å². The molecule has 1 aliphatic heterocycles. The molecule has 1 aliphatic rings. The zero-order chi connectivity index (χ0) is 9.14. The Balaban J connectivity index is 2.43. The van der Waals surface area contributed by atoms with Crippen molar-refractivity contribution in [1.82, 2.24) is 4.90 Å². The molecule has 0 aliphatic carbocycles. The molecule has 1 unspecified atom stereocenters. The van der Waals surface area contributed by atoms with Crippen LogP contribution < -0.4 is 5.73 Å². The maximum absolute atomic E-state index is 11.6. The second-order valence-corrected chi connectivity index (χ2v) is 3.64. The van der Waals surface area contributed by atoms with E-state index in [-0.39, 0.29) is 17.9 Å². The summed E-state index contributed by atoms with van der Waals surface area (Å²) in [6.07, 6.45) is 1.88. The lowest BCUT2D eigenvalue weighted by Crippen LogP contribution is -2.35. The summed E-state index contributed by atoms with van der Waals surface area (Å²) < 4.78 is 0. The van der Waals surface area contributed by atoms with Crippen molar-refractivity contribution in [3.8, 4) is 0 Å². The molecular formula is C9H18N2O. The Morgan fingerprint density at radius 2 is 2.42 bits per heavy atom. The molecule has 70 valence electrons. The third-order valence-electron chi connectivity index (χ3n) is 2.57. The molecule has 0 aromatic carbocycles. The van der Waals surface area contributed by atoms with E-state index in [9.17, 15) is 4.79 Å². The van der Waals surface area contributed by atoms with Gasteiger partial charge in [0.05, 0.1) is 0 Å². The number of likely N-dealkylation sites (tertiary alicyclic amines) is 1. The van der Waals surface area contributed by atoms with Gasteiger partial charge in [-0.3, -0.25) is 4.79 Å². The van der Waals surface area contributed by atoms with E-state index < -0.39 is 0 Å². The number of nitrogens with two attached hydrogens (primary N) is 1. The molecular weight excluding hydrogens is 152 g/mol. The third kappa shape index (κ3) is 1.97. The minimum absolute atomic E-state index is 0.162. The summed E-state index contributed by atoms with van der Waals surface area (Å²) in [6.45, 7) is 5.62. The van der Waals surface area contributed by atoms with E-state index in [4.69, 9.17) is 5.73 Å². The summed E-state index contributed by atoms with van der Waals surface area (Å²) in [5.41, 5.74) is 5.71. The van der Waals surface area contributed by atoms with E-state index >= 15 is 0 Å². The highest BCUT2D eigenvalue weighted by atomic mass is 16.2. The van der Waals surface area contributed by atoms with Crippen molar-refractivity contribution < 1.29 is 4.79 Å². The van der Waals surface area contributed by atoms with Crippen LogP contribution in [0.25, 0.3) is 0 Å². The van der Waals surface area contributed by atoms with Crippen LogP contribution in [0.15, 0.2) is 0 Å². The van der Waals surface area contributed by atoms with E-state index in [0.717, 1.165) is 25.9 Å². The average Bonchev–Trinajstić information content (AvgIpc) is 2.49.